The molecular weight excluding hydrogens is 274 g/mol. The highest BCUT2D eigenvalue weighted by molar-refractivity contribution is 6.31. The number of nitrogens with zero attached hydrogens (tertiary/aromatic N) is 1. The number of carbonyl (C=O) groups is 1. The van der Waals surface area contributed by atoms with E-state index in [-0.39, 0.29) is 5.91 Å². The van der Waals surface area contributed by atoms with Crippen LogP contribution in [0.25, 0.3) is 0 Å². The lowest BCUT2D eigenvalue weighted by atomic mass is 10.0. The summed E-state index contributed by atoms with van der Waals surface area (Å²) >= 11 is 5.91. The minimum atomic E-state index is -0.0314. The van der Waals surface area contributed by atoms with E-state index in [9.17, 15) is 4.79 Å². The van der Waals surface area contributed by atoms with Crippen LogP contribution >= 0.6 is 11.6 Å². The molecule has 1 saturated heterocycles. The van der Waals surface area contributed by atoms with Crippen molar-refractivity contribution in [1.82, 2.24) is 4.90 Å². The summed E-state index contributed by atoms with van der Waals surface area (Å²) in [5.74, 6) is 0.708. The highest BCUT2D eigenvalue weighted by atomic mass is 35.5. The summed E-state index contributed by atoms with van der Waals surface area (Å²) in [6, 6.07) is 5.09. The van der Waals surface area contributed by atoms with Crippen molar-refractivity contribution in [2.45, 2.75) is 26.2 Å². The molecule has 1 aromatic carbocycles. The predicted molar refractivity (Wildman–Crippen MR) is 83.9 cm³/mol. The summed E-state index contributed by atoms with van der Waals surface area (Å²) in [5, 5.41) is 3.40. The molecule has 1 aliphatic rings. The van der Waals surface area contributed by atoms with Crippen LogP contribution in [-0.4, -0.2) is 30.4 Å². The molecule has 0 saturated carbocycles. The average Bonchev–Trinajstić information content (AvgIpc) is 2.81. The van der Waals surface area contributed by atoms with Crippen LogP contribution in [0.3, 0.4) is 0 Å². The number of amides is 1. The van der Waals surface area contributed by atoms with Gasteiger partial charge >= 0.3 is 0 Å². The van der Waals surface area contributed by atoms with Crippen LogP contribution in [0.15, 0.2) is 18.2 Å². The predicted octanol–water partition coefficient (Wildman–Crippen LogP) is 2.98. The first-order valence-corrected chi connectivity index (χ1v) is 7.53. The molecule has 1 amide bonds. The zero-order valence-corrected chi connectivity index (χ0v) is 12.6. The maximum atomic E-state index is 12.0. The summed E-state index contributed by atoms with van der Waals surface area (Å²) in [5.41, 5.74) is 6.95. The Balaban J connectivity index is 1.85. The van der Waals surface area contributed by atoms with Crippen LogP contribution in [0.2, 0.25) is 5.02 Å². The molecule has 1 fully saturated rings. The molecule has 1 unspecified atom stereocenters. The van der Waals surface area contributed by atoms with Crippen molar-refractivity contribution in [3.63, 3.8) is 0 Å². The fourth-order valence-corrected chi connectivity index (χ4v) is 2.90. The van der Waals surface area contributed by atoms with Gasteiger partial charge in [0.25, 0.3) is 0 Å². The van der Waals surface area contributed by atoms with Crippen molar-refractivity contribution < 1.29 is 4.79 Å². The van der Waals surface area contributed by atoms with Gasteiger partial charge < -0.3 is 11.1 Å². The van der Waals surface area contributed by atoms with Crippen LogP contribution < -0.4 is 11.1 Å². The number of hydrogen-bond acceptors (Lipinski definition) is 3. The van der Waals surface area contributed by atoms with Gasteiger partial charge in [-0.25, -0.2) is 0 Å². The highest BCUT2D eigenvalue weighted by Gasteiger charge is 2.23. The fraction of sp³-hybridized carbons (Fsp3) is 0.533. The Morgan fingerprint density at radius 2 is 2.35 bits per heavy atom. The Morgan fingerprint density at radius 1 is 1.55 bits per heavy atom. The first-order chi connectivity index (χ1) is 9.58. The minimum Gasteiger partial charge on any atom is -0.397 e. The maximum absolute atomic E-state index is 12.0. The molecule has 1 heterocycles. The molecule has 2 rings (SSSR count). The molecule has 4 nitrogen and oxygen atoms in total. The molecule has 0 aliphatic carbocycles. The molecule has 1 aliphatic heterocycles. The standard InChI is InChI=1S/C15H22ClN3O/c1-2-3-11-6-7-19(9-11)10-15(20)18-14-8-12(16)4-5-13(14)17/h4-5,8,11H,2-3,6-7,9-10,17H2,1H3,(H,18,20). The number of rotatable bonds is 5. The van der Waals surface area contributed by atoms with Gasteiger partial charge in [0.2, 0.25) is 5.91 Å². The number of likely N-dealkylation sites (tertiary alicyclic amines) is 1. The van der Waals surface area contributed by atoms with E-state index in [1.54, 1.807) is 18.2 Å². The maximum Gasteiger partial charge on any atom is 0.238 e. The Morgan fingerprint density at radius 3 is 3.10 bits per heavy atom. The van der Waals surface area contributed by atoms with E-state index in [1.807, 2.05) is 0 Å². The molecule has 0 aromatic heterocycles. The second-order valence-corrected chi connectivity index (χ2v) is 5.89. The molecular formula is C15H22ClN3O. The topological polar surface area (TPSA) is 58.4 Å². The van der Waals surface area contributed by atoms with Crippen molar-refractivity contribution in [3.8, 4) is 0 Å². The van der Waals surface area contributed by atoms with Crippen molar-refractivity contribution in [1.29, 1.82) is 0 Å². The van der Waals surface area contributed by atoms with E-state index < -0.39 is 0 Å². The van der Waals surface area contributed by atoms with E-state index in [2.05, 4.69) is 17.1 Å². The van der Waals surface area contributed by atoms with Gasteiger partial charge in [0.05, 0.1) is 17.9 Å². The Kier molecular flexibility index (Phi) is 5.26. The average molecular weight is 296 g/mol. The molecule has 110 valence electrons. The Labute approximate surface area is 125 Å². The minimum absolute atomic E-state index is 0.0314. The van der Waals surface area contributed by atoms with Crippen molar-refractivity contribution >= 4 is 28.9 Å². The molecule has 0 spiro atoms. The molecule has 3 N–H and O–H groups in total. The lowest BCUT2D eigenvalue weighted by Gasteiger charge is -2.16. The fourth-order valence-electron chi connectivity index (χ4n) is 2.73. The molecule has 0 bridgehead atoms. The van der Waals surface area contributed by atoms with Crippen molar-refractivity contribution in [3.05, 3.63) is 23.2 Å². The normalized spacial score (nSPS) is 19.2. The first-order valence-electron chi connectivity index (χ1n) is 7.15. The summed E-state index contributed by atoms with van der Waals surface area (Å²) in [4.78, 5) is 14.2. The van der Waals surface area contributed by atoms with E-state index in [4.69, 9.17) is 17.3 Å². The van der Waals surface area contributed by atoms with Gasteiger partial charge in [-0.05, 0) is 43.5 Å². The van der Waals surface area contributed by atoms with Gasteiger partial charge in [0.15, 0.2) is 0 Å². The van der Waals surface area contributed by atoms with Crippen LogP contribution in [0.4, 0.5) is 11.4 Å². The first kappa shape index (κ1) is 15.1. The molecule has 20 heavy (non-hydrogen) atoms. The lowest BCUT2D eigenvalue weighted by molar-refractivity contribution is -0.117. The SMILES string of the molecule is CCCC1CCN(CC(=O)Nc2cc(Cl)ccc2N)C1. The van der Waals surface area contributed by atoms with E-state index in [0.717, 1.165) is 19.0 Å². The van der Waals surface area contributed by atoms with Gasteiger partial charge in [0.1, 0.15) is 0 Å². The third kappa shape index (κ3) is 4.12. The van der Waals surface area contributed by atoms with Crippen LogP contribution in [-0.2, 0) is 4.79 Å². The Bertz CT molecular complexity index is 478. The van der Waals surface area contributed by atoms with Crippen LogP contribution in [0, 0.1) is 5.92 Å². The number of nitrogens with two attached hydrogens (primary N) is 1. The molecule has 1 atom stereocenters. The van der Waals surface area contributed by atoms with E-state index >= 15 is 0 Å². The molecule has 0 radical (unpaired) electrons. The summed E-state index contributed by atoms with van der Waals surface area (Å²) in [6.45, 7) is 4.65. The zero-order valence-electron chi connectivity index (χ0n) is 11.9. The van der Waals surface area contributed by atoms with Gasteiger partial charge in [-0.1, -0.05) is 24.9 Å². The zero-order chi connectivity index (χ0) is 14.5. The third-order valence-electron chi connectivity index (χ3n) is 3.72. The monoisotopic (exact) mass is 295 g/mol. The summed E-state index contributed by atoms with van der Waals surface area (Å²) in [7, 11) is 0. The second kappa shape index (κ2) is 6.95. The van der Waals surface area contributed by atoms with E-state index in [0.29, 0.717) is 22.9 Å². The number of halogens is 1. The lowest BCUT2D eigenvalue weighted by Crippen LogP contribution is -2.31. The second-order valence-electron chi connectivity index (χ2n) is 5.46. The number of hydrogen-bond donors (Lipinski definition) is 2. The summed E-state index contributed by atoms with van der Waals surface area (Å²) < 4.78 is 0. The van der Waals surface area contributed by atoms with Gasteiger partial charge in [-0.2, -0.15) is 0 Å². The number of benzene rings is 1. The third-order valence-corrected chi connectivity index (χ3v) is 3.96. The highest BCUT2D eigenvalue weighted by Crippen LogP contribution is 2.24. The molecule has 1 aromatic rings. The number of anilines is 2. The quantitative estimate of drug-likeness (QED) is 0.821. The van der Waals surface area contributed by atoms with Crippen LogP contribution in [0.1, 0.15) is 26.2 Å². The summed E-state index contributed by atoms with van der Waals surface area (Å²) in [6.07, 6.45) is 3.66. The number of nitrogens with one attached hydrogen (secondary N) is 1. The van der Waals surface area contributed by atoms with Gasteiger partial charge in [0, 0.05) is 11.6 Å². The van der Waals surface area contributed by atoms with Gasteiger partial charge in [-0.15, -0.1) is 0 Å². The van der Waals surface area contributed by atoms with Crippen molar-refractivity contribution in [2.24, 2.45) is 5.92 Å². The van der Waals surface area contributed by atoms with Crippen molar-refractivity contribution in [2.75, 3.05) is 30.7 Å². The number of carbonyl (C=O) groups excluding carboxylic acids is 1. The largest absolute Gasteiger partial charge is 0.397 e. The van der Waals surface area contributed by atoms with Crippen LogP contribution in [0.5, 0.6) is 0 Å². The molecule has 5 heteroatoms. The smallest absolute Gasteiger partial charge is 0.238 e. The Hall–Kier alpha value is -1.26. The number of nitrogen functional groups attached to an aromatic ring is 1. The van der Waals surface area contributed by atoms with E-state index in [1.165, 1.54) is 19.3 Å². The van der Waals surface area contributed by atoms with Gasteiger partial charge in [-0.3, -0.25) is 9.69 Å².